The summed E-state index contributed by atoms with van der Waals surface area (Å²) in [6, 6.07) is 0.152. The normalized spacial score (nSPS) is 33.4. The molecule has 1 fully saturated rings. The minimum absolute atomic E-state index is 0.0808. The van der Waals surface area contributed by atoms with E-state index < -0.39 is 0 Å². The molecule has 1 N–H and O–H groups in total. The maximum Gasteiger partial charge on any atom is 0.230 e. The molecular weight excluding hydrogens is 187 g/mol. The Morgan fingerprint density at radius 3 is 2.73 bits per heavy atom. The van der Waals surface area contributed by atoms with Crippen molar-refractivity contribution in [2.75, 3.05) is 0 Å². The average molecular weight is 206 g/mol. The number of carbonyl (C=O) groups excluding carboxylic acids is 1. The molecule has 0 aromatic rings. The number of nitrogens with one attached hydrogen (secondary N) is 1. The summed E-state index contributed by atoms with van der Waals surface area (Å²) < 4.78 is 0. The number of carbonyl (C=O) groups is 1. The SMILES string of the molecule is CC.[B]CC1CCC2C(=O)NC(C)=NC12. The molecule has 4 heteroatoms. The Kier molecular flexibility index (Phi) is 4.36. The molecule has 0 aromatic carbocycles. The van der Waals surface area contributed by atoms with Crippen molar-refractivity contribution in [3.05, 3.63) is 0 Å². The first-order valence-corrected chi connectivity index (χ1v) is 5.77. The molecule has 0 aromatic heterocycles. The minimum atomic E-state index is 0.0808. The van der Waals surface area contributed by atoms with Gasteiger partial charge in [0.15, 0.2) is 0 Å². The van der Waals surface area contributed by atoms with E-state index in [1.54, 1.807) is 0 Å². The van der Waals surface area contributed by atoms with Gasteiger partial charge in [-0.3, -0.25) is 9.79 Å². The predicted octanol–water partition coefficient (Wildman–Crippen LogP) is 1.54. The van der Waals surface area contributed by atoms with Crippen molar-refractivity contribution >= 4 is 19.6 Å². The van der Waals surface area contributed by atoms with Gasteiger partial charge in [0.1, 0.15) is 5.84 Å². The third kappa shape index (κ3) is 2.41. The lowest BCUT2D eigenvalue weighted by Crippen LogP contribution is -2.43. The molecule has 0 bridgehead atoms. The quantitative estimate of drug-likeness (QED) is 0.649. The van der Waals surface area contributed by atoms with Crippen LogP contribution in [0.25, 0.3) is 0 Å². The highest BCUT2D eigenvalue weighted by Gasteiger charge is 2.41. The molecule has 2 aliphatic rings. The van der Waals surface area contributed by atoms with Gasteiger partial charge in [-0.1, -0.05) is 20.2 Å². The highest BCUT2D eigenvalue weighted by Crippen LogP contribution is 2.37. The van der Waals surface area contributed by atoms with E-state index in [0.717, 1.165) is 18.7 Å². The number of hydrogen-bond acceptors (Lipinski definition) is 2. The molecule has 3 nitrogen and oxygen atoms in total. The third-order valence-corrected chi connectivity index (χ3v) is 3.03. The highest BCUT2D eigenvalue weighted by molar-refractivity contribution is 6.09. The van der Waals surface area contributed by atoms with Crippen LogP contribution in [-0.2, 0) is 4.79 Å². The van der Waals surface area contributed by atoms with Crippen LogP contribution in [-0.4, -0.2) is 25.6 Å². The van der Waals surface area contributed by atoms with Crippen molar-refractivity contribution in [1.29, 1.82) is 0 Å². The number of fused-ring (bicyclic) bond motifs is 1. The van der Waals surface area contributed by atoms with Crippen LogP contribution in [0, 0.1) is 11.8 Å². The highest BCUT2D eigenvalue weighted by atomic mass is 16.2. The lowest BCUT2D eigenvalue weighted by atomic mass is 9.85. The van der Waals surface area contributed by atoms with Crippen LogP contribution < -0.4 is 5.32 Å². The van der Waals surface area contributed by atoms with Gasteiger partial charge in [0.25, 0.3) is 0 Å². The van der Waals surface area contributed by atoms with Crippen molar-refractivity contribution in [3.8, 4) is 0 Å². The largest absolute Gasteiger partial charge is 0.314 e. The van der Waals surface area contributed by atoms with Gasteiger partial charge in [0.2, 0.25) is 5.91 Å². The van der Waals surface area contributed by atoms with Crippen molar-refractivity contribution in [3.63, 3.8) is 0 Å². The van der Waals surface area contributed by atoms with Crippen molar-refractivity contribution in [2.24, 2.45) is 16.8 Å². The number of rotatable bonds is 1. The van der Waals surface area contributed by atoms with Gasteiger partial charge >= 0.3 is 0 Å². The zero-order chi connectivity index (χ0) is 11.4. The first-order chi connectivity index (χ1) is 7.22. The molecule has 2 radical (unpaired) electrons. The van der Waals surface area contributed by atoms with Gasteiger partial charge in [-0.2, -0.15) is 0 Å². The maximum absolute atomic E-state index is 11.5. The molecule has 1 aliphatic carbocycles. The third-order valence-electron chi connectivity index (χ3n) is 3.03. The number of nitrogens with zero attached hydrogens (tertiary/aromatic N) is 1. The second kappa shape index (κ2) is 5.33. The second-order valence-corrected chi connectivity index (χ2v) is 3.87. The molecule has 0 spiro atoms. The average Bonchev–Trinajstić information content (AvgIpc) is 2.64. The smallest absolute Gasteiger partial charge is 0.230 e. The summed E-state index contributed by atoms with van der Waals surface area (Å²) in [6.07, 6.45) is 2.62. The second-order valence-electron chi connectivity index (χ2n) is 3.87. The maximum atomic E-state index is 11.5. The zero-order valence-electron chi connectivity index (χ0n) is 9.79. The molecule has 15 heavy (non-hydrogen) atoms. The Morgan fingerprint density at radius 1 is 1.47 bits per heavy atom. The summed E-state index contributed by atoms with van der Waals surface area (Å²) in [5, 5.41) is 2.77. The van der Waals surface area contributed by atoms with Gasteiger partial charge < -0.3 is 5.32 Å². The number of amidine groups is 1. The van der Waals surface area contributed by atoms with Crippen molar-refractivity contribution in [2.45, 2.75) is 46.0 Å². The summed E-state index contributed by atoms with van der Waals surface area (Å²) in [6.45, 7) is 5.83. The summed E-state index contributed by atoms with van der Waals surface area (Å²) in [5.74, 6) is 1.36. The summed E-state index contributed by atoms with van der Waals surface area (Å²) in [7, 11) is 5.63. The molecule has 0 saturated heterocycles. The van der Waals surface area contributed by atoms with Gasteiger partial charge in [-0.05, 0) is 25.7 Å². The number of hydrogen-bond donors (Lipinski definition) is 1. The van der Waals surface area contributed by atoms with Gasteiger partial charge in [0.05, 0.1) is 19.8 Å². The van der Waals surface area contributed by atoms with E-state index in [1.165, 1.54) is 0 Å². The fourth-order valence-electron chi connectivity index (χ4n) is 2.33. The van der Waals surface area contributed by atoms with Crippen LogP contribution in [0.4, 0.5) is 0 Å². The van der Waals surface area contributed by atoms with Gasteiger partial charge in [0, 0.05) is 0 Å². The standard InChI is InChI=1S/C9H13BN2O.C2H6/c1-5-11-8-6(4-10)2-3-7(8)9(13)12-5;1-2/h6-8H,2-4H2,1H3,(H,11,12,13);1-2H3. The van der Waals surface area contributed by atoms with E-state index in [2.05, 4.69) is 10.3 Å². The molecule has 1 amide bonds. The number of amides is 1. The van der Waals surface area contributed by atoms with Crippen LogP contribution in [0.3, 0.4) is 0 Å². The molecule has 2 rings (SSSR count). The Bertz CT molecular complexity index is 265. The molecule has 3 unspecified atom stereocenters. The van der Waals surface area contributed by atoms with E-state index in [4.69, 9.17) is 7.85 Å². The van der Waals surface area contributed by atoms with Crippen LogP contribution in [0.5, 0.6) is 0 Å². The zero-order valence-corrected chi connectivity index (χ0v) is 9.79. The van der Waals surface area contributed by atoms with E-state index in [0.29, 0.717) is 12.2 Å². The molecule has 1 heterocycles. The topological polar surface area (TPSA) is 41.5 Å². The lowest BCUT2D eigenvalue weighted by molar-refractivity contribution is -0.124. The molecule has 3 atom stereocenters. The van der Waals surface area contributed by atoms with Crippen LogP contribution in [0.2, 0.25) is 6.32 Å². The van der Waals surface area contributed by atoms with E-state index >= 15 is 0 Å². The Balaban J connectivity index is 0.000000531. The Hall–Kier alpha value is -0.795. The predicted molar refractivity (Wildman–Crippen MR) is 63.2 cm³/mol. The number of aliphatic imine (C=N–C) groups is 1. The van der Waals surface area contributed by atoms with E-state index in [1.807, 2.05) is 20.8 Å². The van der Waals surface area contributed by atoms with Crippen molar-refractivity contribution in [1.82, 2.24) is 5.32 Å². The van der Waals surface area contributed by atoms with E-state index in [9.17, 15) is 4.79 Å². The molecule has 82 valence electrons. The summed E-state index contributed by atoms with van der Waals surface area (Å²) >= 11 is 0. The van der Waals surface area contributed by atoms with E-state index in [-0.39, 0.29) is 17.9 Å². The summed E-state index contributed by atoms with van der Waals surface area (Å²) in [4.78, 5) is 16.0. The summed E-state index contributed by atoms with van der Waals surface area (Å²) in [5.41, 5.74) is 0. The molecular formula is C11H19BN2O. The minimum Gasteiger partial charge on any atom is -0.314 e. The van der Waals surface area contributed by atoms with Gasteiger partial charge in [-0.25, -0.2) is 0 Å². The monoisotopic (exact) mass is 206 g/mol. The molecule has 1 saturated carbocycles. The van der Waals surface area contributed by atoms with Crippen molar-refractivity contribution < 1.29 is 4.79 Å². The fourth-order valence-corrected chi connectivity index (χ4v) is 2.33. The van der Waals surface area contributed by atoms with Gasteiger partial charge in [-0.15, -0.1) is 0 Å². The Labute approximate surface area is 93.1 Å². The molecule has 1 aliphatic heterocycles. The first kappa shape index (κ1) is 12.3. The van der Waals surface area contributed by atoms with Crippen LogP contribution in [0.1, 0.15) is 33.6 Å². The van der Waals surface area contributed by atoms with Crippen LogP contribution >= 0.6 is 0 Å². The fraction of sp³-hybridized carbons (Fsp3) is 0.818. The Morgan fingerprint density at radius 2 is 2.13 bits per heavy atom. The first-order valence-electron chi connectivity index (χ1n) is 5.77. The lowest BCUT2D eigenvalue weighted by Gasteiger charge is -2.25. The van der Waals surface area contributed by atoms with Crippen LogP contribution in [0.15, 0.2) is 4.99 Å².